The Hall–Kier alpha value is -0.0800. The average Bonchev–Trinajstić information content (AvgIpc) is 2.32. The van der Waals surface area contributed by atoms with Crippen molar-refractivity contribution in [2.24, 2.45) is 17.8 Å². The van der Waals surface area contributed by atoms with Crippen LogP contribution in [0.3, 0.4) is 0 Å². The molecule has 0 aliphatic heterocycles. The second-order valence-corrected chi connectivity index (χ2v) is 7.41. The first-order valence-electron chi connectivity index (χ1n) is 8.25. The summed E-state index contributed by atoms with van der Waals surface area (Å²) in [6, 6.07) is 0. The molecule has 0 heterocycles. The molecule has 0 saturated heterocycles. The van der Waals surface area contributed by atoms with Crippen molar-refractivity contribution in [3.8, 4) is 0 Å². The summed E-state index contributed by atoms with van der Waals surface area (Å²) < 4.78 is 5.49. The van der Waals surface area contributed by atoms with Gasteiger partial charge in [0.15, 0.2) is 0 Å². The van der Waals surface area contributed by atoms with Gasteiger partial charge in [-0.2, -0.15) is 0 Å². The topological polar surface area (TPSA) is 21.3 Å². The molecule has 0 aromatic rings. The van der Waals surface area contributed by atoms with Gasteiger partial charge in [-0.05, 0) is 77.7 Å². The van der Waals surface area contributed by atoms with Crippen LogP contribution in [0.1, 0.15) is 66.7 Å². The van der Waals surface area contributed by atoms with Crippen LogP contribution in [0.5, 0.6) is 0 Å². The summed E-state index contributed by atoms with van der Waals surface area (Å²) in [5.74, 6) is 2.69. The van der Waals surface area contributed by atoms with Crippen molar-refractivity contribution < 1.29 is 4.74 Å². The number of rotatable bonds is 7. The summed E-state index contributed by atoms with van der Waals surface area (Å²) in [7, 11) is 0. The quantitative estimate of drug-likeness (QED) is 0.698. The third kappa shape index (κ3) is 7.31. The Morgan fingerprint density at radius 2 is 1.89 bits per heavy atom. The fourth-order valence-corrected chi connectivity index (χ4v) is 3.21. The summed E-state index contributed by atoms with van der Waals surface area (Å²) >= 11 is 0. The Balaban J connectivity index is 2.36. The zero-order chi connectivity index (χ0) is 14.3. The molecule has 2 heteroatoms. The highest BCUT2D eigenvalue weighted by molar-refractivity contribution is 4.82. The van der Waals surface area contributed by atoms with E-state index in [9.17, 15) is 0 Å². The first-order chi connectivity index (χ1) is 8.92. The van der Waals surface area contributed by atoms with E-state index in [0.717, 1.165) is 31.0 Å². The Bertz CT molecular complexity index is 234. The monoisotopic (exact) mass is 269 g/mol. The molecule has 0 radical (unpaired) electrons. The van der Waals surface area contributed by atoms with Crippen LogP contribution < -0.4 is 5.32 Å². The van der Waals surface area contributed by atoms with Crippen LogP contribution in [0.4, 0.5) is 0 Å². The lowest BCUT2D eigenvalue weighted by Gasteiger charge is -2.37. The minimum atomic E-state index is 0.249. The first-order valence-corrected chi connectivity index (χ1v) is 8.25. The largest absolute Gasteiger partial charge is 0.382 e. The highest BCUT2D eigenvalue weighted by atomic mass is 16.5. The van der Waals surface area contributed by atoms with Crippen LogP contribution in [-0.4, -0.2) is 25.3 Å². The second kappa shape index (κ2) is 8.26. The van der Waals surface area contributed by atoms with Crippen LogP contribution in [0.2, 0.25) is 0 Å². The fourth-order valence-electron chi connectivity index (χ4n) is 3.21. The summed E-state index contributed by atoms with van der Waals surface area (Å²) in [6.07, 6.45) is 6.82. The summed E-state index contributed by atoms with van der Waals surface area (Å²) in [4.78, 5) is 0. The van der Waals surface area contributed by atoms with Gasteiger partial charge in [0, 0.05) is 18.8 Å². The molecule has 1 rings (SSSR count). The Kier molecular flexibility index (Phi) is 7.38. The lowest BCUT2D eigenvalue weighted by atomic mass is 9.72. The van der Waals surface area contributed by atoms with Gasteiger partial charge in [0.05, 0.1) is 0 Å². The van der Waals surface area contributed by atoms with Gasteiger partial charge in [0.2, 0.25) is 0 Å². The minimum absolute atomic E-state index is 0.249. The Morgan fingerprint density at radius 1 is 1.16 bits per heavy atom. The molecule has 3 atom stereocenters. The van der Waals surface area contributed by atoms with Crippen molar-refractivity contribution >= 4 is 0 Å². The van der Waals surface area contributed by atoms with Gasteiger partial charge in [0.1, 0.15) is 0 Å². The van der Waals surface area contributed by atoms with Crippen LogP contribution in [0.15, 0.2) is 0 Å². The molecule has 0 spiro atoms. The minimum Gasteiger partial charge on any atom is -0.382 e. The average molecular weight is 269 g/mol. The standard InChI is InChI=1S/C17H35NO/c1-6-19-11-7-8-15-12-14(2)9-10-16(15)13-18-17(3,4)5/h14-16,18H,6-13H2,1-5H3. The van der Waals surface area contributed by atoms with E-state index in [1.165, 1.54) is 38.6 Å². The fraction of sp³-hybridized carbons (Fsp3) is 1.00. The normalized spacial score (nSPS) is 28.6. The van der Waals surface area contributed by atoms with E-state index < -0.39 is 0 Å². The van der Waals surface area contributed by atoms with Gasteiger partial charge in [-0.15, -0.1) is 0 Å². The van der Waals surface area contributed by atoms with Crippen molar-refractivity contribution in [3.63, 3.8) is 0 Å². The maximum atomic E-state index is 5.49. The van der Waals surface area contributed by atoms with Gasteiger partial charge in [-0.25, -0.2) is 0 Å². The molecule has 0 aromatic carbocycles. The number of hydrogen-bond acceptors (Lipinski definition) is 2. The van der Waals surface area contributed by atoms with Crippen LogP contribution >= 0.6 is 0 Å². The van der Waals surface area contributed by atoms with E-state index in [1.54, 1.807) is 0 Å². The Labute approximate surface area is 120 Å². The lowest BCUT2D eigenvalue weighted by Crippen LogP contribution is -2.42. The molecule has 0 aromatic heterocycles. The predicted octanol–water partition coefficient (Wildman–Crippen LogP) is 4.24. The smallest absolute Gasteiger partial charge is 0.0465 e. The van der Waals surface area contributed by atoms with Crippen molar-refractivity contribution in [3.05, 3.63) is 0 Å². The molecule has 1 fully saturated rings. The lowest BCUT2D eigenvalue weighted by molar-refractivity contribution is 0.118. The molecule has 1 aliphatic rings. The molecule has 0 amide bonds. The molecule has 1 saturated carbocycles. The van der Waals surface area contributed by atoms with E-state index in [4.69, 9.17) is 4.74 Å². The molecule has 3 unspecified atom stereocenters. The number of ether oxygens (including phenoxy) is 1. The van der Waals surface area contributed by atoms with Gasteiger partial charge in [0.25, 0.3) is 0 Å². The molecule has 1 aliphatic carbocycles. The zero-order valence-electron chi connectivity index (χ0n) is 13.8. The summed E-state index contributed by atoms with van der Waals surface area (Å²) in [5, 5.41) is 3.71. The maximum Gasteiger partial charge on any atom is 0.0465 e. The van der Waals surface area contributed by atoms with Crippen LogP contribution in [0, 0.1) is 17.8 Å². The highest BCUT2D eigenvalue weighted by Crippen LogP contribution is 2.36. The second-order valence-electron chi connectivity index (χ2n) is 7.41. The number of nitrogens with one attached hydrogen (secondary N) is 1. The number of hydrogen-bond donors (Lipinski definition) is 1. The van der Waals surface area contributed by atoms with Gasteiger partial charge < -0.3 is 10.1 Å². The molecule has 2 nitrogen and oxygen atoms in total. The van der Waals surface area contributed by atoms with E-state index in [0.29, 0.717) is 0 Å². The van der Waals surface area contributed by atoms with E-state index in [2.05, 4.69) is 39.9 Å². The molecule has 19 heavy (non-hydrogen) atoms. The maximum absolute atomic E-state index is 5.49. The highest BCUT2D eigenvalue weighted by Gasteiger charge is 2.28. The van der Waals surface area contributed by atoms with Crippen molar-refractivity contribution in [1.82, 2.24) is 5.32 Å². The van der Waals surface area contributed by atoms with Crippen molar-refractivity contribution in [2.45, 2.75) is 72.3 Å². The molecule has 114 valence electrons. The SMILES string of the molecule is CCOCCCC1CC(C)CCC1CNC(C)(C)C. The third-order valence-corrected chi connectivity index (χ3v) is 4.36. The predicted molar refractivity (Wildman–Crippen MR) is 83.5 cm³/mol. The summed E-state index contributed by atoms with van der Waals surface area (Å²) in [6.45, 7) is 14.3. The first kappa shape index (κ1) is 17.0. The van der Waals surface area contributed by atoms with Crippen molar-refractivity contribution in [1.29, 1.82) is 0 Å². The Morgan fingerprint density at radius 3 is 2.53 bits per heavy atom. The van der Waals surface area contributed by atoms with E-state index in [1.807, 2.05) is 0 Å². The van der Waals surface area contributed by atoms with Crippen LogP contribution in [-0.2, 0) is 4.74 Å². The van der Waals surface area contributed by atoms with Crippen molar-refractivity contribution in [2.75, 3.05) is 19.8 Å². The molecule has 1 N–H and O–H groups in total. The third-order valence-electron chi connectivity index (χ3n) is 4.36. The van der Waals surface area contributed by atoms with Gasteiger partial charge in [-0.3, -0.25) is 0 Å². The van der Waals surface area contributed by atoms with E-state index >= 15 is 0 Å². The van der Waals surface area contributed by atoms with Gasteiger partial charge >= 0.3 is 0 Å². The molecular formula is C17H35NO. The van der Waals surface area contributed by atoms with Gasteiger partial charge in [-0.1, -0.05) is 13.3 Å². The summed E-state index contributed by atoms with van der Waals surface area (Å²) in [5.41, 5.74) is 0.249. The van der Waals surface area contributed by atoms with Crippen LogP contribution in [0.25, 0.3) is 0 Å². The zero-order valence-corrected chi connectivity index (χ0v) is 13.8. The molecule has 0 bridgehead atoms. The van der Waals surface area contributed by atoms with E-state index in [-0.39, 0.29) is 5.54 Å². The molecular weight excluding hydrogens is 234 g/mol.